The highest BCUT2D eigenvalue weighted by Crippen LogP contribution is 2.17. The number of hydrogen-bond donors (Lipinski definition) is 4. The summed E-state index contributed by atoms with van der Waals surface area (Å²) in [7, 11) is 1.77. The number of hydrogen-bond acceptors (Lipinski definition) is 4. The molecule has 1 aromatic rings. The van der Waals surface area contributed by atoms with E-state index in [4.69, 9.17) is 11.5 Å². The average molecular weight is 266 g/mol. The number of nitrogen functional groups attached to an aromatic ring is 1. The highest BCUT2D eigenvalue weighted by Gasteiger charge is 2.09. The van der Waals surface area contributed by atoms with Crippen LogP contribution in [0.15, 0.2) is 23.9 Å². The number of benzene rings is 1. The van der Waals surface area contributed by atoms with Crippen LogP contribution >= 0.6 is 0 Å². The van der Waals surface area contributed by atoms with Crippen molar-refractivity contribution in [2.45, 2.75) is 0 Å². The minimum atomic E-state index is -0.855. The Morgan fingerprint density at radius 3 is 2.79 bits per heavy atom. The van der Waals surface area contributed by atoms with Crippen molar-refractivity contribution >= 4 is 5.69 Å². The van der Waals surface area contributed by atoms with Crippen LogP contribution in [0.3, 0.4) is 0 Å². The second-order valence-electron chi connectivity index (χ2n) is 3.68. The molecule has 6 N–H and O–H groups in total. The van der Waals surface area contributed by atoms with Gasteiger partial charge >= 0.3 is 0 Å². The Kier molecular flexibility index (Phi) is 5.79. The molecule has 0 saturated heterocycles. The number of halogens is 2. The molecule has 19 heavy (non-hydrogen) atoms. The zero-order chi connectivity index (χ0) is 14.3. The maximum Gasteiger partial charge on any atom is 0.164 e. The van der Waals surface area contributed by atoms with Crippen LogP contribution in [0.25, 0.3) is 0 Å². The fourth-order valence-electron chi connectivity index (χ4n) is 1.25. The van der Waals surface area contributed by atoms with Gasteiger partial charge in [-0.1, -0.05) is 11.8 Å². The van der Waals surface area contributed by atoms with Crippen molar-refractivity contribution in [2.75, 3.05) is 26.0 Å². The first kappa shape index (κ1) is 15.0. The van der Waals surface area contributed by atoms with Crippen LogP contribution in [0.4, 0.5) is 14.5 Å². The molecular formula is C13H16F2N4. The van der Waals surface area contributed by atoms with Crippen molar-refractivity contribution in [3.63, 3.8) is 0 Å². The topological polar surface area (TPSA) is 76.1 Å². The average Bonchev–Trinajstić information content (AvgIpc) is 2.41. The van der Waals surface area contributed by atoms with Crippen LogP contribution in [0, 0.1) is 23.5 Å². The van der Waals surface area contributed by atoms with Gasteiger partial charge in [-0.25, -0.2) is 8.78 Å². The van der Waals surface area contributed by atoms with Crippen LogP contribution in [0.2, 0.25) is 0 Å². The van der Waals surface area contributed by atoms with E-state index in [1.54, 1.807) is 13.2 Å². The molecule has 0 fully saturated rings. The van der Waals surface area contributed by atoms with E-state index >= 15 is 0 Å². The SMILES string of the molecule is CNCN/C=C(/C#Cc1c(F)ccc(N)c1F)CN. The minimum absolute atomic E-state index is 0.141. The van der Waals surface area contributed by atoms with E-state index in [-0.39, 0.29) is 17.8 Å². The summed E-state index contributed by atoms with van der Waals surface area (Å²) in [6.07, 6.45) is 1.59. The van der Waals surface area contributed by atoms with E-state index in [1.165, 1.54) is 0 Å². The van der Waals surface area contributed by atoms with Gasteiger partial charge in [0.05, 0.1) is 17.9 Å². The van der Waals surface area contributed by atoms with Crippen LogP contribution in [0.1, 0.15) is 5.56 Å². The molecule has 0 spiro atoms. The van der Waals surface area contributed by atoms with Gasteiger partial charge in [-0.3, -0.25) is 0 Å². The van der Waals surface area contributed by atoms with Gasteiger partial charge < -0.3 is 22.1 Å². The van der Waals surface area contributed by atoms with Crippen molar-refractivity contribution < 1.29 is 8.78 Å². The molecule has 0 unspecified atom stereocenters. The molecule has 0 saturated carbocycles. The molecule has 0 aliphatic rings. The molecule has 102 valence electrons. The molecule has 0 heterocycles. The molecule has 0 radical (unpaired) electrons. The molecule has 0 bridgehead atoms. The van der Waals surface area contributed by atoms with E-state index < -0.39 is 11.6 Å². The van der Waals surface area contributed by atoms with E-state index in [0.29, 0.717) is 12.2 Å². The minimum Gasteiger partial charge on any atom is -0.396 e. The van der Waals surface area contributed by atoms with E-state index in [1.807, 2.05) is 0 Å². The molecule has 0 aliphatic carbocycles. The lowest BCUT2D eigenvalue weighted by Gasteiger charge is -2.01. The molecule has 0 atom stereocenters. The Hall–Kier alpha value is -2.10. The summed E-state index contributed by atoms with van der Waals surface area (Å²) in [5.74, 6) is 3.42. The number of anilines is 1. The molecular weight excluding hydrogens is 250 g/mol. The Morgan fingerprint density at radius 1 is 1.42 bits per heavy atom. The second-order valence-corrected chi connectivity index (χ2v) is 3.68. The Labute approximate surface area is 110 Å². The summed E-state index contributed by atoms with van der Waals surface area (Å²) < 4.78 is 27.0. The van der Waals surface area contributed by atoms with Gasteiger partial charge in [-0.2, -0.15) is 0 Å². The first-order valence-electron chi connectivity index (χ1n) is 5.62. The van der Waals surface area contributed by atoms with Crippen molar-refractivity contribution in [3.05, 3.63) is 41.1 Å². The van der Waals surface area contributed by atoms with Gasteiger partial charge in [-0.15, -0.1) is 0 Å². The first-order valence-corrected chi connectivity index (χ1v) is 5.62. The van der Waals surface area contributed by atoms with Crippen LogP contribution < -0.4 is 22.1 Å². The lowest BCUT2D eigenvalue weighted by molar-refractivity contribution is 0.580. The zero-order valence-electron chi connectivity index (χ0n) is 10.6. The van der Waals surface area contributed by atoms with E-state index in [9.17, 15) is 8.78 Å². The molecule has 1 rings (SSSR count). The van der Waals surface area contributed by atoms with E-state index in [2.05, 4.69) is 22.5 Å². The maximum absolute atomic E-state index is 13.6. The molecule has 0 aromatic heterocycles. The summed E-state index contributed by atoms with van der Waals surface area (Å²) in [5.41, 5.74) is 10.9. The lowest BCUT2D eigenvalue weighted by atomic mass is 10.1. The van der Waals surface area contributed by atoms with Crippen molar-refractivity contribution in [2.24, 2.45) is 5.73 Å². The predicted molar refractivity (Wildman–Crippen MR) is 71.8 cm³/mol. The normalized spacial score (nSPS) is 10.8. The standard InChI is InChI=1S/C13H16F2N4/c1-18-8-19-7-9(6-16)2-3-10-11(14)4-5-12(17)13(10)15/h4-5,7,18-19H,6,8,16-17H2,1H3/b9-7-. The molecule has 6 heteroatoms. The summed E-state index contributed by atoms with van der Waals surface area (Å²) in [5, 5.41) is 5.76. The van der Waals surface area contributed by atoms with Crippen molar-refractivity contribution in [1.29, 1.82) is 0 Å². The predicted octanol–water partition coefficient (Wildman–Crippen LogP) is 0.508. The third kappa shape index (κ3) is 4.25. The number of rotatable bonds is 4. The van der Waals surface area contributed by atoms with Gasteiger partial charge in [0.2, 0.25) is 0 Å². The van der Waals surface area contributed by atoms with Crippen LogP contribution in [-0.4, -0.2) is 20.3 Å². The number of nitrogens with two attached hydrogens (primary N) is 2. The fraction of sp³-hybridized carbons (Fsp3) is 0.231. The Balaban J connectivity index is 2.99. The first-order chi connectivity index (χ1) is 9.10. The largest absolute Gasteiger partial charge is 0.396 e. The zero-order valence-corrected chi connectivity index (χ0v) is 10.6. The number of nitrogens with one attached hydrogen (secondary N) is 2. The third-order valence-electron chi connectivity index (χ3n) is 2.24. The summed E-state index contributed by atoms with van der Waals surface area (Å²) in [4.78, 5) is 0. The molecule has 1 aromatic carbocycles. The van der Waals surface area contributed by atoms with Crippen molar-refractivity contribution in [1.82, 2.24) is 10.6 Å². The maximum atomic E-state index is 13.6. The Morgan fingerprint density at radius 2 is 2.16 bits per heavy atom. The van der Waals surface area contributed by atoms with E-state index in [0.717, 1.165) is 12.1 Å². The van der Waals surface area contributed by atoms with Gasteiger partial charge in [0.25, 0.3) is 0 Å². The smallest absolute Gasteiger partial charge is 0.164 e. The summed E-state index contributed by atoms with van der Waals surface area (Å²) >= 11 is 0. The molecule has 4 nitrogen and oxygen atoms in total. The summed E-state index contributed by atoms with van der Waals surface area (Å²) in [6, 6.07) is 2.23. The van der Waals surface area contributed by atoms with Gasteiger partial charge in [0.1, 0.15) is 5.82 Å². The highest BCUT2D eigenvalue weighted by molar-refractivity contribution is 5.51. The van der Waals surface area contributed by atoms with Gasteiger partial charge in [-0.05, 0) is 19.2 Å². The molecule has 0 aliphatic heterocycles. The van der Waals surface area contributed by atoms with Gasteiger partial charge in [0.15, 0.2) is 5.82 Å². The van der Waals surface area contributed by atoms with Crippen LogP contribution in [-0.2, 0) is 0 Å². The van der Waals surface area contributed by atoms with Crippen molar-refractivity contribution in [3.8, 4) is 11.8 Å². The lowest BCUT2D eigenvalue weighted by Crippen LogP contribution is -2.22. The monoisotopic (exact) mass is 266 g/mol. The third-order valence-corrected chi connectivity index (χ3v) is 2.24. The Bertz CT molecular complexity index is 529. The fourth-order valence-corrected chi connectivity index (χ4v) is 1.25. The highest BCUT2D eigenvalue weighted by atomic mass is 19.1. The quantitative estimate of drug-likeness (QED) is 0.277. The molecule has 0 amide bonds. The van der Waals surface area contributed by atoms with Gasteiger partial charge in [0, 0.05) is 18.3 Å². The second kappa shape index (κ2) is 7.36. The summed E-state index contributed by atoms with van der Waals surface area (Å²) in [6.45, 7) is 0.696. The van der Waals surface area contributed by atoms with Crippen LogP contribution in [0.5, 0.6) is 0 Å².